The summed E-state index contributed by atoms with van der Waals surface area (Å²) in [6.07, 6.45) is 0. The van der Waals surface area contributed by atoms with Crippen molar-refractivity contribution in [3.63, 3.8) is 0 Å². The van der Waals surface area contributed by atoms with Crippen LogP contribution in [0.5, 0.6) is 0 Å². The predicted octanol–water partition coefficient (Wildman–Crippen LogP) is 3.37. The Morgan fingerprint density at radius 1 is 1.05 bits per heavy atom. The van der Waals surface area contributed by atoms with Gasteiger partial charge in [-0.15, -0.1) is 0 Å². The van der Waals surface area contributed by atoms with Gasteiger partial charge in [-0.25, -0.2) is 14.4 Å². The highest BCUT2D eigenvalue weighted by molar-refractivity contribution is 14.1. The molecule has 1 saturated heterocycles. The zero-order valence-corrected chi connectivity index (χ0v) is 26.1. The first-order valence-corrected chi connectivity index (χ1v) is 14.8. The lowest BCUT2D eigenvalue weighted by atomic mass is 9.78. The van der Waals surface area contributed by atoms with Crippen molar-refractivity contribution in [3.8, 4) is 0 Å². The number of carbonyl (C=O) groups excluding carboxylic acids is 3. The number of piperazine rings is 1. The second-order valence-corrected chi connectivity index (χ2v) is 11.0. The number of nitrogens with zero attached hydrogens (tertiary/aromatic N) is 2. The molecule has 0 radical (unpaired) electrons. The van der Waals surface area contributed by atoms with Crippen LogP contribution in [-0.4, -0.2) is 94.5 Å². The van der Waals surface area contributed by atoms with E-state index in [0.29, 0.717) is 48.8 Å². The molecule has 1 unspecified atom stereocenters. The van der Waals surface area contributed by atoms with E-state index in [1.807, 2.05) is 43.3 Å². The Labute approximate surface area is 254 Å². The standard InChI is InChI=1S/C30H37IN4O6/c1-5-41-29(37)26-23(18-40-17-16-34-12-14-35(15-13-34)30(38)32-3)33-19(2)24(28(36)39-4)27(26)25-21-9-7-6-8-20(21)10-11-22(25)31/h6-11,27,33H,5,12-18H2,1-4H3,(H,32,38). The molecule has 2 N–H and O–H groups in total. The highest BCUT2D eigenvalue weighted by atomic mass is 127. The number of benzene rings is 2. The van der Waals surface area contributed by atoms with Crippen molar-refractivity contribution >= 4 is 51.3 Å². The average Bonchev–Trinajstić information content (AvgIpc) is 2.98. The van der Waals surface area contributed by atoms with Gasteiger partial charge < -0.3 is 29.7 Å². The molecule has 2 aliphatic heterocycles. The van der Waals surface area contributed by atoms with Crippen LogP contribution >= 0.6 is 22.6 Å². The number of rotatable bonds is 9. The zero-order valence-electron chi connectivity index (χ0n) is 23.9. The molecule has 2 amide bonds. The van der Waals surface area contributed by atoms with Gasteiger partial charge >= 0.3 is 18.0 Å². The first-order chi connectivity index (χ1) is 19.8. The summed E-state index contributed by atoms with van der Waals surface area (Å²) < 4.78 is 17.8. The zero-order chi connectivity index (χ0) is 29.5. The van der Waals surface area contributed by atoms with Crippen molar-refractivity contribution < 1.29 is 28.6 Å². The maximum absolute atomic E-state index is 13.6. The Balaban J connectivity index is 1.64. The van der Waals surface area contributed by atoms with E-state index in [9.17, 15) is 14.4 Å². The molecule has 0 saturated carbocycles. The number of amides is 2. The van der Waals surface area contributed by atoms with Crippen LogP contribution in [0.25, 0.3) is 10.8 Å². The molecule has 1 fully saturated rings. The van der Waals surface area contributed by atoms with Crippen molar-refractivity contribution in [3.05, 3.63) is 68.1 Å². The second kappa shape index (κ2) is 14.1. The summed E-state index contributed by atoms with van der Waals surface area (Å²) >= 11 is 2.26. The largest absolute Gasteiger partial charge is 0.466 e. The topological polar surface area (TPSA) is 109 Å². The van der Waals surface area contributed by atoms with E-state index in [-0.39, 0.29) is 19.2 Å². The normalized spacial score (nSPS) is 17.9. The van der Waals surface area contributed by atoms with Gasteiger partial charge in [0.1, 0.15) is 0 Å². The first kappa shape index (κ1) is 30.8. The summed E-state index contributed by atoms with van der Waals surface area (Å²) in [5.74, 6) is -1.73. The number of esters is 2. The minimum Gasteiger partial charge on any atom is -0.466 e. The fraction of sp³-hybridized carbons (Fsp3) is 0.433. The van der Waals surface area contributed by atoms with E-state index >= 15 is 0 Å². The smallest absolute Gasteiger partial charge is 0.336 e. The number of ether oxygens (including phenoxy) is 3. The minimum absolute atomic E-state index is 0.0622. The number of urea groups is 1. The Bertz CT molecular complexity index is 1370. The fourth-order valence-electron chi connectivity index (χ4n) is 5.39. The van der Waals surface area contributed by atoms with Crippen LogP contribution in [0.4, 0.5) is 4.79 Å². The monoisotopic (exact) mass is 676 g/mol. The third kappa shape index (κ3) is 6.84. The van der Waals surface area contributed by atoms with Crippen LogP contribution < -0.4 is 10.6 Å². The van der Waals surface area contributed by atoms with E-state index in [2.05, 4.69) is 38.1 Å². The molecule has 1 atom stereocenters. The van der Waals surface area contributed by atoms with Gasteiger partial charge in [0, 0.05) is 49.0 Å². The van der Waals surface area contributed by atoms with Crippen molar-refractivity contribution in [2.75, 3.05) is 66.7 Å². The summed E-state index contributed by atoms with van der Waals surface area (Å²) in [6, 6.07) is 11.9. The van der Waals surface area contributed by atoms with Crippen molar-refractivity contribution in [2.45, 2.75) is 19.8 Å². The number of dihydropyridines is 1. The highest BCUT2D eigenvalue weighted by Gasteiger charge is 2.40. The molecule has 41 heavy (non-hydrogen) atoms. The third-order valence-corrected chi connectivity index (χ3v) is 8.36. The lowest BCUT2D eigenvalue weighted by Gasteiger charge is -2.34. The number of hydrogen-bond acceptors (Lipinski definition) is 8. The Morgan fingerprint density at radius 3 is 2.46 bits per heavy atom. The molecule has 0 aliphatic carbocycles. The Morgan fingerprint density at radius 2 is 1.78 bits per heavy atom. The SMILES string of the molecule is CCOC(=O)C1=C(COCCN2CCN(C(=O)NC)CC2)NC(C)=C(C(=O)OC)C1c1c(I)ccc2ccccc12. The maximum atomic E-state index is 13.6. The summed E-state index contributed by atoms with van der Waals surface area (Å²) in [4.78, 5) is 42.7. The van der Waals surface area contributed by atoms with Gasteiger partial charge in [-0.05, 0) is 58.8 Å². The van der Waals surface area contributed by atoms with Crippen molar-refractivity contribution in [2.24, 2.45) is 0 Å². The van der Waals surface area contributed by atoms with E-state index in [1.54, 1.807) is 18.9 Å². The van der Waals surface area contributed by atoms with Gasteiger partial charge in [0.05, 0.1) is 49.7 Å². The maximum Gasteiger partial charge on any atom is 0.336 e. The first-order valence-electron chi connectivity index (χ1n) is 13.7. The third-order valence-electron chi connectivity index (χ3n) is 7.42. The number of nitrogens with one attached hydrogen (secondary N) is 2. The fourth-order valence-corrected chi connectivity index (χ4v) is 6.17. The lowest BCUT2D eigenvalue weighted by Crippen LogP contribution is -2.51. The number of fused-ring (bicyclic) bond motifs is 1. The van der Waals surface area contributed by atoms with Crippen molar-refractivity contribution in [1.82, 2.24) is 20.4 Å². The molecule has 0 aromatic heterocycles. The Kier molecular flexibility index (Phi) is 10.6. The van der Waals surface area contributed by atoms with Gasteiger partial charge in [0.15, 0.2) is 0 Å². The minimum atomic E-state index is -0.711. The molecule has 2 aliphatic rings. The average molecular weight is 677 g/mol. The molecule has 0 bridgehead atoms. The second-order valence-electron chi connectivity index (χ2n) is 9.82. The van der Waals surface area contributed by atoms with Crippen LogP contribution in [0.3, 0.4) is 0 Å². The molecular formula is C30H37IN4O6. The van der Waals surface area contributed by atoms with E-state index in [0.717, 1.165) is 33.0 Å². The van der Waals surface area contributed by atoms with Crippen LogP contribution in [0.15, 0.2) is 58.9 Å². The van der Waals surface area contributed by atoms with Gasteiger partial charge in [-0.3, -0.25) is 4.90 Å². The summed E-state index contributed by atoms with van der Waals surface area (Å²) in [5, 5.41) is 7.88. The number of carbonyl (C=O) groups is 3. The van der Waals surface area contributed by atoms with Crippen LogP contribution in [0, 0.1) is 3.57 Å². The molecule has 220 valence electrons. The summed E-state index contributed by atoms with van der Waals surface area (Å²) in [5.41, 5.74) is 2.71. The summed E-state index contributed by atoms with van der Waals surface area (Å²) in [7, 11) is 2.98. The van der Waals surface area contributed by atoms with Crippen molar-refractivity contribution in [1.29, 1.82) is 0 Å². The molecule has 10 nitrogen and oxygen atoms in total. The molecule has 2 aromatic rings. The quantitative estimate of drug-likeness (QED) is 0.237. The number of halogens is 1. The molecule has 2 aromatic carbocycles. The van der Waals surface area contributed by atoms with Gasteiger partial charge in [0.2, 0.25) is 0 Å². The van der Waals surface area contributed by atoms with E-state index < -0.39 is 17.9 Å². The van der Waals surface area contributed by atoms with Crippen LogP contribution in [0.2, 0.25) is 0 Å². The van der Waals surface area contributed by atoms with Crippen LogP contribution in [0.1, 0.15) is 25.3 Å². The van der Waals surface area contributed by atoms with Gasteiger partial charge in [0.25, 0.3) is 0 Å². The van der Waals surface area contributed by atoms with E-state index in [1.165, 1.54) is 7.11 Å². The van der Waals surface area contributed by atoms with E-state index in [4.69, 9.17) is 14.2 Å². The number of hydrogen-bond donors (Lipinski definition) is 2. The van der Waals surface area contributed by atoms with Gasteiger partial charge in [-0.2, -0.15) is 0 Å². The molecule has 11 heteroatoms. The Hall–Kier alpha value is -3.16. The van der Waals surface area contributed by atoms with Crippen LogP contribution in [-0.2, 0) is 23.8 Å². The molecular weight excluding hydrogens is 639 g/mol. The molecule has 2 heterocycles. The number of allylic oxidation sites excluding steroid dienone is 1. The lowest BCUT2D eigenvalue weighted by molar-refractivity contribution is -0.139. The number of methoxy groups -OCH3 is 1. The molecule has 0 spiro atoms. The van der Waals surface area contributed by atoms with Gasteiger partial charge in [-0.1, -0.05) is 30.3 Å². The predicted molar refractivity (Wildman–Crippen MR) is 164 cm³/mol. The summed E-state index contributed by atoms with van der Waals surface area (Å²) in [6.45, 7) is 7.86. The highest BCUT2D eigenvalue weighted by Crippen LogP contribution is 2.43. The molecule has 4 rings (SSSR count).